The zero-order valence-electron chi connectivity index (χ0n) is 12.5. The van der Waals surface area contributed by atoms with Crippen LogP contribution in [0.1, 0.15) is 25.3 Å². The maximum Gasteiger partial charge on any atom is 0.0399 e. The van der Waals surface area contributed by atoms with Crippen LogP contribution in [0.4, 0.5) is 5.69 Å². The fourth-order valence-electron chi connectivity index (χ4n) is 2.96. The number of hydrogen-bond donors (Lipinski definition) is 1. The minimum Gasteiger partial charge on any atom is -0.371 e. The van der Waals surface area contributed by atoms with Gasteiger partial charge in [0.05, 0.1) is 0 Å². The third-order valence-corrected chi connectivity index (χ3v) is 4.07. The summed E-state index contributed by atoms with van der Waals surface area (Å²) < 4.78 is 0. The molecule has 1 saturated heterocycles. The molecular weight excluding hydrogens is 234 g/mol. The number of para-hydroxylation sites is 1. The van der Waals surface area contributed by atoms with Crippen LogP contribution in [-0.4, -0.2) is 44.2 Å². The second kappa shape index (κ2) is 6.40. The van der Waals surface area contributed by atoms with Crippen LogP contribution in [0.25, 0.3) is 0 Å². The summed E-state index contributed by atoms with van der Waals surface area (Å²) in [5, 5.41) is 0. The molecule has 3 heteroatoms. The third kappa shape index (κ3) is 3.71. The average Bonchev–Trinajstić information content (AvgIpc) is 2.39. The van der Waals surface area contributed by atoms with Crippen molar-refractivity contribution in [2.75, 3.05) is 32.1 Å². The molecule has 106 valence electrons. The molecule has 2 N–H and O–H groups in total. The molecule has 1 fully saturated rings. The molecule has 3 nitrogen and oxygen atoms in total. The normalized spacial score (nSPS) is 18.9. The lowest BCUT2D eigenvalue weighted by Gasteiger charge is -2.37. The van der Waals surface area contributed by atoms with E-state index in [1.165, 1.54) is 24.1 Å². The summed E-state index contributed by atoms with van der Waals surface area (Å²) in [5.74, 6) is 0. The lowest BCUT2D eigenvalue weighted by Crippen LogP contribution is -2.42. The molecule has 1 aromatic carbocycles. The Bertz CT molecular complexity index is 393. The summed E-state index contributed by atoms with van der Waals surface area (Å²) in [6.45, 7) is 4.38. The first-order valence-corrected chi connectivity index (χ1v) is 7.33. The Morgan fingerprint density at radius 2 is 1.89 bits per heavy atom. The van der Waals surface area contributed by atoms with E-state index in [9.17, 15) is 0 Å². The molecule has 0 aromatic heterocycles. The zero-order valence-corrected chi connectivity index (χ0v) is 12.5. The quantitative estimate of drug-likeness (QED) is 0.901. The van der Waals surface area contributed by atoms with Gasteiger partial charge in [0.25, 0.3) is 0 Å². The van der Waals surface area contributed by atoms with Crippen LogP contribution in [-0.2, 0) is 6.42 Å². The standard InChI is InChI=1S/C16H27N3/c1-13(17)12-14-6-4-5-7-16(14)19-10-8-15(9-11-19)18(2)3/h4-7,13,15H,8-12,17H2,1-3H3. The van der Waals surface area contributed by atoms with Gasteiger partial charge in [0.1, 0.15) is 0 Å². The van der Waals surface area contributed by atoms with Crippen molar-refractivity contribution in [1.82, 2.24) is 4.90 Å². The summed E-state index contributed by atoms with van der Waals surface area (Å²) in [6, 6.07) is 9.67. The Kier molecular flexibility index (Phi) is 4.83. The largest absolute Gasteiger partial charge is 0.371 e. The number of nitrogens with zero attached hydrogens (tertiary/aromatic N) is 2. The number of benzene rings is 1. The first kappa shape index (κ1) is 14.4. The van der Waals surface area contributed by atoms with E-state index < -0.39 is 0 Å². The molecule has 0 spiro atoms. The lowest BCUT2D eigenvalue weighted by atomic mass is 10.00. The topological polar surface area (TPSA) is 32.5 Å². The number of hydrogen-bond acceptors (Lipinski definition) is 3. The Hall–Kier alpha value is -1.06. The van der Waals surface area contributed by atoms with Crippen molar-refractivity contribution in [3.63, 3.8) is 0 Å². The number of rotatable bonds is 4. The maximum atomic E-state index is 5.96. The highest BCUT2D eigenvalue weighted by Gasteiger charge is 2.22. The van der Waals surface area contributed by atoms with Gasteiger partial charge in [-0.2, -0.15) is 0 Å². The van der Waals surface area contributed by atoms with Gasteiger partial charge in [0.2, 0.25) is 0 Å². The Balaban J connectivity index is 2.06. The smallest absolute Gasteiger partial charge is 0.0399 e. The fourth-order valence-corrected chi connectivity index (χ4v) is 2.96. The summed E-state index contributed by atoms with van der Waals surface area (Å²) in [6.07, 6.45) is 3.46. The fraction of sp³-hybridized carbons (Fsp3) is 0.625. The van der Waals surface area contributed by atoms with Gasteiger partial charge in [0.15, 0.2) is 0 Å². The molecule has 2 rings (SSSR count). The first-order chi connectivity index (χ1) is 9.08. The van der Waals surface area contributed by atoms with Gasteiger partial charge in [-0.05, 0) is 51.9 Å². The molecule has 1 aliphatic rings. The van der Waals surface area contributed by atoms with Crippen molar-refractivity contribution in [2.45, 2.75) is 38.3 Å². The predicted octanol–water partition coefficient (Wildman–Crippen LogP) is 2.11. The van der Waals surface area contributed by atoms with E-state index in [0.29, 0.717) is 0 Å². The van der Waals surface area contributed by atoms with Crippen molar-refractivity contribution in [2.24, 2.45) is 5.73 Å². The number of anilines is 1. The van der Waals surface area contributed by atoms with E-state index in [4.69, 9.17) is 5.73 Å². The zero-order chi connectivity index (χ0) is 13.8. The summed E-state index contributed by atoms with van der Waals surface area (Å²) in [4.78, 5) is 4.88. The van der Waals surface area contributed by atoms with Crippen LogP contribution < -0.4 is 10.6 Å². The minimum absolute atomic E-state index is 0.223. The van der Waals surface area contributed by atoms with E-state index in [2.05, 4.69) is 55.1 Å². The van der Waals surface area contributed by atoms with Gasteiger partial charge in [-0.15, -0.1) is 0 Å². The molecule has 19 heavy (non-hydrogen) atoms. The van der Waals surface area contributed by atoms with Crippen LogP contribution in [0.15, 0.2) is 24.3 Å². The Morgan fingerprint density at radius 3 is 2.47 bits per heavy atom. The van der Waals surface area contributed by atoms with Crippen molar-refractivity contribution in [3.05, 3.63) is 29.8 Å². The van der Waals surface area contributed by atoms with Gasteiger partial charge in [-0.1, -0.05) is 18.2 Å². The SMILES string of the molecule is CC(N)Cc1ccccc1N1CCC(N(C)C)CC1. The van der Waals surface area contributed by atoms with Gasteiger partial charge in [-0.3, -0.25) is 0 Å². The summed E-state index contributed by atoms with van der Waals surface area (Å²) in [7, 11) is 4.37. The van der Waals surface area contributed by atoms with Crippen LogP contribution >= 0.6 is 0 Å². The molecule has 1 atom stereocenters. The van der Waals surface area contributed by atoms with Crippen molar-refractivity contribution in [3.8, 4) is 0 Å². The first-order valence-electron chi connectivity index (χ1n) is 7.33. The molecule has 0 aliphatic carbocycles. The predicted molar refractivity (Wildman–Crippen MR) is 82.7 cm³/mol. The molecule has 0 bridgehead atoms. The van der Waals surface area contributed by atoms with Crippen molar-refractivity contribution >= 4 is 5.69 Å². The van der Waals surface area contributed by atoms with Gasteiger partial charge < -0.3 is 15.5 Å². The molecule has 1 aliphatic heterocycles. The van der Waals surface area contributed by atoms with E-state index in [0.717, 1.165) is 25.6 Å². The highest BCUT2D eigenvalue weighted by Crippen LogP contribution is 2.26. The van der Waals surface area contributed by atoms with Gasteiger partial charge in [-0.25, -0.2) is 0 Å². The van der Waals surface area contributed by atoms with E-state index in [-0.39, 0.29) is 6.04 Å². The molecule has 1 unspecified atom stereocenters. The lowest BCUT2D eigenvalue weighted by molar-refractivity contribution is 0.249. The average molecular weight is 261 g/mol. The van der Waals surface area contributed by atoms with Crippen LogP contribution in [0, 0.1) is 0 Å². The molecule has 0 amide bonds. The van der Waals surface area contributed by atoms with Crippen molar-refractivity contribution in [1.29, 1.82) is 0 Å². The Labute approximate surface area is 117 Å². The summed E-state index contributed by atoms with van der Waals surface area (Å²) in [5.41, 5.74) is 8.74. The molecule has 0 radical (unpaired) electrons. The van der Waals surface area contributed by atoms with E-state index in [1.807, 2.05) is 0 Å². The van der Waals surface area contributed by atoms with Gasteiger partial charge >= 0.3 is 0 Å². The van der Waals surface area contributed by atoms with E-state index in [1.54, 1.807) is 0 Å². The highest BCUT2D eigenvalue weighted by molar-refractivity contribution is 5.54. The Morgan fingerprint density at radius 1 is 1.26 bits per heavy atom. The maximum absolute atomic E-state index is 5.96. The molecule has 1 aromatic rings. The summed E-state index contributed by atoms with van der Waals surface area (Å²) >= 11 is 0. The number of nitrogens with two attached hydrogens (primary N) is 1. The molecular formula is C16H27N3. The van der Waals surface area contributed by atoms with Crippen LogP contribution in [0.3, 0.4) is 0 Å². The minimum atomic E-state index is 0.223. The van der Waals surface area contributed by atoms with Crippen LogP contribution in [0.5, 0.6) is 0 Å². The third-order valence-electron chi connectivity index (χ3n) is 4.07. The second-order valence-electron chi connectivity index (χ2n) is 5.99. The molecule has 0 saturated carbocycles. The van der Waals surface area contributed by atoms with Crippen molar-refractivity contribution < 1.29 is 0 Å². The highest BCUT2D eigenvalue weighted by atomic mass is 15.2. The molecule has 1 heterocycles. The monoisotopic (exact) mass is 261 g/mol. The number of piperidine rings is 1. The second-order valence-corrected chi connectivity index (χ2v) is 5.99. The van der Waals surface area contributed by atoms with Gasteiger partial charge in [0, 0.05) is 30.9 Å². The van der Waals surface area contributed by atoms with Crippen LogP contribution in [0.2, 0.25) is 0 Å². The van der Waals surface area contributed by atoms with E-state index >= 15 is 0 Å².